The van der Waals surface area contributed by atoms with Gasteiger partial charge in [-0.05, 0) is 48.7 Å². The van der Waals surface area contributed by atoms with Gasteiger partial charge in [-0.15, -0.1) is 0 Å². The molecule has 0 bridgehead atoms. The maximum atomic E-state index is 12.2. The number of aromatic nitrogens is 2. The first kappa shape index (κ1) is 25.6. The second-order valence-corrected chi connectivity index (χ2v) is 9.03. The largest absolute Gasteiger partial charge is 0.497 e. The van der Waals surface area contributed by atoms with E-state index in [0.29, 0.717) is 31.1 Å². The molecule has 36 heavy (non-hydrogen) atoms. The summed E-state index contributed by atoms with van der Waals surface area (Å²) in [5, 5.41) is 3.63. The number of imidazole rings is 1. The molecule has 0 aliphatic heterocycles. The third-order valence-electron chi connectivity index (χ3n) is 6.07. The van der Waals surface area contributed by atoms with Gasteiger partial charge in [0, 0.05) is 24.1 Å². The molecular formula is C29H32ClN3O3. The molecule has 1 aromatic heterocycles. The number of halogens is 1. The van der Waals surface area contributed by atoms with Crippen LogP contribution >= 0.6 is 11.6 Å². The Morgan fingerprint density at radius 3 is 2.64 bits per heavy atom. The molecule has 7 heteroatoms. The Kier molecular flexibility index (Phi) is 9.22. The van der Waals surface area contributed by atoms with Crippen LogP contribution in [0.3, 0.4) is 0 Å². The quantitative estimate of drug-likeness (QED) is 0.231. The van der Waals surface area contributed by atoms with Crippen molar-refractivity contribution in [1.82, 2.24) is 14.9 Å². The number of rotatable bonds is 13. The van der Waals surface area contributed by atoms with Crippen molar-refractivity contribution >= 4 is 28.5 Å². The Balaban J connectivity index is 1.24. The van der Waals surface area contributed by atoms with Crippen LogP contribution in [0.2, 0.25) is 5.02 Å². The number of para-hydroxylation sites is 2. The Morgan fingerprint density at radius 2 is 1.78 bits per heavy atom. The number of hydrogen-bond acceptors (Lipinski definition) is 4. The van der Waals surface area contributed by atoms with Gasteiger partial charge in [-0.25, -0.2) is 4.98 Å². The highest BCUT2D eigenvalue weighted by atomic mass is 35.5. The second-order valence-electron chi connectivity index (χ2n) is 8.62. The molecule has 0 aliphatic rings. The maximum absolute atomic E-state index is 12.2. The number of carbonyl (C=O) groups excluding carboxylic acids is 1. The molecule has 0 aliphatic carbocycles. The van der Waals surface area contributed by atoms with Gasteiger partial charge in [-0.3, -0.25) is 4.79 Å². The van der Waals surface area contributed by atoms with E-state index in [1.807, 2.05) is 66.7 Å². The van der Waals surface area contributed by atoms with Crippen LogP contribution in [0, 0.1) is 0 Å². The average molecular weight is 506 g/mol. The zero-order valence-electron chi connectivity index (χ0n) is 20.6. The van der Waals surface area contributed by atoms with Crippen LogP contribution < -0.4 is 14.8 Å². The minimum absolute atomic E-state index is 0.000860. The Labute approximate surface area is 217 Å². The van der Waals surface area contributed by atoms with Crippen molar-refractivity contribution in [1.29, 1.82) is 0 Å². The van der Waals surface area contributed by atoms with Crippen molar-refractivity contribution in [2.45, 2.75) is 38.6 Å². The Bertz CT molecular complexity index is 1290. The molecule has 0 spiro atoms. The summed E-state index contributed by atoms with van der Waals surface area (Å²) in [6.45, 7) is 1.91. The fraction of sp³-hybridized carbons (Fsp3) is 0.310. The van der Waals surface area contributed by atoms with Gasteiger partial charge in [-0.2, -0.15) is 0 Å². The molecule has 0 fully saturated rings. The van der Waals surface area contributed by atoms with Crippen LogP contribution in [0.15, 0.2) is 72.8 Å². The van der Waals surface area contributed by atoms with Crippen LogP contribution in [0.25, 0.3) is 11.0 Å². The highest BCUT2D eigenvalue weighted by molar-refractivity contribution is 6.31. The molecule has 6 nitrogen and oxygen atoms in total. The highest BCUT2D eigenvalue weighted by Gasteiger charge is 2.11. The second kappa shape index (κ2) is 13.0. The predicted octanol–water partition coefficient (Wildman–Crippen LogP) is 5.85. The van der Waals surface area contributed by atoms with E-state index in [2.05, 4.69) is 16.0 Å². The van der Waals surface area contributed by atoms with Gasteiger partial charge < -0.3 is 19.4 Å². The minimum Gasteiger partial charge on any atom is -0.497 e. The summed E-state index contributed by atoms with van der Waals surface area (Å²) in [6, 6.07) is 23.3. The van der Waals surface area contributed by atoms with Crippen molar-refractivity contribution in [3.05, 3.63) is 89.2 Å². The lowest BCUT2D eigenvalue weighted by molar-refractivity contribution is -0.120. The maximum Gasteiger partial charge on any atom is 0.224 e. The smallest absolute Gasteiger partial charge is 0.224 e. The summed E-state index contributed by atoms with van der Waals surface area (Å²) in [4.78, 5) is 17.1. The lowest BCUT2D eigenvalue weighted by atomic mass is 10.1. The molecule has 1 N–H and O–H groups in total. The summed E-state index contributed by atoms with van der Waals surface area (Å²) in [7, 11) is 1.65. The molecule has 0 saturated carbocycles. The van der Waals surface area contributed by atoms with Gasteiger partial charge in [0.15, 0.2) is 0 Å². The normalized spacial score (nSPS) is 10.9. The predicted molar refractivity (Wildman–Crippen MR) is 144 cm³/mol. The molecule has 188 valence electrons. The van der Waals surface area contributed by atoms with Gasteiger partial charge in [0.25, 0.3) is 0 Å². The number of nitrogens with zero attached hydrogens (tertiary/aromatic N) is 2. The summed E-state index contributed by atoms with van der Waals surface area (Å²) in [6.07, 6.45) is 4.12. The van der Waals surface area contributed by atoms with Crippen molar-refractivity contribution in [2.75, 3.05) is 20.3 Å². The summed E-state index contributed by atoms with van der Waals surface area (Å²) in [5.74, 6) is 2.63. The van der Waals surface area contributed by atoms with Gasteiger partial charge in [0.05, 0.1) is 31.1 Å². The number of benzene rings is 3. The van der Waals surface area contributed by atoms with E-state index in [-0.39, 0.29) is 5.91 Å². The summed E-state index contributed by atoms with van der Waals surface area (Å²) in [5.41, 5.74) is 2.97. The monoisotopic (exact) mass is 505 g/mol. The van der Waals surface area contributed by atoms with Gasteiger partial charge in [0.2, 0.25) is 5.91 Å². The van der Waals surface area contributed by atoms with Gasteiger partial charge in [0.1, 0.15) is 23.9 Å². The minimum atomic E-state index is 0.000860. The van der Waals surface area contributed by atoms with E-state index in [0.717, 1.165) is 59.6 Å². The van der Waals surface area contributed by atoms with Crippen LogP contribution in [0.5, 0.6) is 11.5 Å². The van der Waals surface area contributed by atoms with Crippen molar-refractivity contribution < 1.29 is 14.3 Å². The zero-order chi connectivity index (χ0) is 25.2. The number of methoxy groups -OCH3 is 1. The van der Waals surface area contributed by atoms with Crippen LogP contribution in [0.4, 0.5) is 0 Å². The van der Waals surface area contributed by atoms with Crippen molar-refractivity contribution in [2.24, 2.45) is 0 Å². The van der Waals surface area contributed by atoms with E-state index >= 15 is 0 Å². The first-order valence-corrected chi connectivity index (χ1v) is 12.7. The molecule has 1 heterocycles. The van der Waals surface area contributed by atoms with E-state index in [1.54, 1.807) is 7.11 Å². The third-order valence-corrected chi connectivity index (χ3v) is 6.44. The van der Waals surface area contributed by atoms with E-state index < -0.39 is 0 Å². The van der Waals surface area contributed by atoms with E-state index in [9.17, 15) is 4.79 Å². The van der Waals surface area contributed by atoms with Crippen LogP contribution in [-0.4, -0.2) is 35.7 Å². The average Bonchev–Trinajstić information content (AvgIpc) is 3.25. The standard InChI is InChI=1S/C29H32ClN3O3/c1-35-23-11-9-12-24(21-23)36-19-18-33-27-15-7-6-14-26(27)32-28(33)16-3-2-8-17-31-29(34)20-22-10-4-5-13-25(22)30/h4-7,9-15,21H,2-3,8,16-20H2,1H3,(H,31,34). The number of amides is 1. The molecule has 0 unspecified atom stereocenters. The highest BCUT2D eigenvalue weighted by Crippen LogP contribution is 2.21. The first-order valence-electron chi connectivity index (χ1n) is 12.3. The first-order chi connectivity index (χ1) is 17.6. The van der Waals surface area contributed by atoms with Crippen LogP contribution in [-0.2, 0) is 24.2 Å². The summed E-state index contributed by atoms with van der Waals surface area (Å²) >= 11 is 6.15. The van der Waals surface area contributed by atoms with E-state index in [4.69, 9.17) is 26.1 Å². The van der Waals surface area contributed by atoms with Crippen molar-refractivity contribution in [3.63, 3.8) is 0 Å². The fourth-order valence-corrected chi connectivity index (χ4v) is 4.40. The van der Waals surface area contributed by atoms with E-state index in [1.165, 1.54) is 0 Å². The molecule has 4 aromatic rings. The topological polar surface area (TPSA) is 65.4 Å². The van der Waals surface area contributed by atoms with Gasteiger partial charge in [-0.1, -0.05) is 54.4 Å². The molecular weight excluding hydrogens is 474 g/mol. The number of aryl methyl sites for hydroxylation is 1. The number of ether oxygens (including phenoxy) is 2. The third kappa shape index (κ3) is 7.01. The van der Waals surface area contributed by atoms with Crippen LogP contribution in [0.1, 0.15) is 30.7 Å². The number of unbranched alkanes of at least 4 members (excludes halogenated alkanes) is 2. The molecule has 0 saturated heterocycles. The van der Waals surface area contributed by atoms with Gasteiger partial charge >= 0.3 is 0 Å². The SMILES string of the molecule is COc1cccc(OCCn2c(CCCCCNC(=O)Cc3ccccc3Cl)nc3ccccc32)c1. The molecule has 3 aromatic carbocycles. The molecule has 0 atom stereocenters. The number of fused-ring (bicyclic) bond motifs is 1. The number of carbonyl (C=O) groups is 1. The molecule has 1 amide bonds. The van der Waals surface area contributed by atoms with Crippen molar-refractivity contribution in [3.8, 4) is 11.5 Å². The Hall–Kier alpha value is -3.51. The lowest BCUT2D eigenvalue weighted by Gasteiger charge is -2.12. The fourth-order valence-electron chi connectivity index (χ4n) is 4.20. The summed E-state index contributed by atoms with van der Waals surface area (Å²) < 4.78 is 13.5. The number of hydrogen-bond donors (Lipinski definition) is 1. The number of nitrogens with one attached hydrogen (secondary N) is 1. The zero-order valence-corrected chi connectivity index (χ0v) is 21.3. The lowest BCUT2D eigenvalue weighted by Crippen LogP contribution is -2.26. The molecule has 4 rings (SSSR count). The Morgan fingerprint density at radius 1 is 0.972 bits per heavy atom. The molecule has 0 radical (unpaired) electrons.